The van der Waals surface area contributed by atoms with Gasteiger partial charge in [0, 0.05) is 17.1 Å². The van der Waals surface area contributed by atoms with E-state index in [1.54, 1.807) is 0 Å². The molecule has 0 aromatic heterocycles. The Kier molecular flexibility index (Phi) is 6.11. The number of anilines is 3. The molecule has 0 aliphatic carbocycles. The number of benzene rings is 7. The quantitative estimate of drug-likeness (QED) is 0.208. The highest BCUT2D eigenvalue weighted by Gasteiger charge is 2.17. The van der Waals surface area contributed by atoms with E-state index in [4.69, 9.17) is 0 Å². The van der Waals surface area contributed by atoms with Crippen LogP contribution in [-0.4, -0.2) is 0 Å². The molecule has 0 aliphatic rings. The molecule has 0 unspecified atom stereocenters. The first kappa shape index (κ1) is 23.9. The number of rotatable bonds is 5. The Morgan fingerprint density at radius 2 is 0.650 bits per heavy atom. The first-order valence-electron chi connectivity index (χ1n) is 13.8. The molecule has 0 heterocycles. The molecule has 7 rings (SSSR count). The minimum atomic E-state index is 1.13. The first-order chi connectivity index (χ1) is 19.8. The molecular formula is C39H29N. The summed E-state index contributed by atoms with van der Waals surface area (Å²) in [6.07, 6.45) is 0. The van der Waals surface area contributed by atoms with Crippen LogP contribution in [0.1, 0.15) is 5.56 Å². The van der Waals surface area contributed by atoms with Crippen LogP contribution in [0.4, 0.5) is 17.1 Å². The fourth-order valence-electron chi connectivity index (χ4n) is 5.85. The molecule has 0 amide bonds. The second-order valence-corrected chi connectivity index (χ2v) is 10.3. The van der Waals surface area contributed by atoms with E-state index in [0.717, 1.165) is 17.1 Å². The van der Waals surface area contributed by atoms with E-state index in [2.05, 4.69) is 170 Å². The summed E-state index contributed by atoms with van der Waals surface area (Å²) in [7, 11) is 0. The Hall–Kier alpha value is -5.14. The highest BCUT2D eigenvalue weighted by atomic mass is 15.1. The molecule has 7 aromatic rings. The van der Waals surface area contributed by atoms with E-state index in [1.807, 2.05) is 0 Å². The highest BCUT2D eigenvalue weighted by molar-refractivity contribution is 6.21. The van der Waals surface area contributed by atoms with E-state index in [1.165, 1.54) is 49.4 Å². The van der Waals surface area contributed by atoms with Crippen LogP contribution in [0.2, 0.25) is 0 Å². The lowest BCUT2D eigenvalue weighted by Crippen LogP contribution is -2.09. The molecule has 0 N–H and O–H groups in total. The average Bonchev–Trinajstić information content (AvgIpc) is 3.02. The van der Waals surface area contributed by atoms with Gasteiger partial charge in [-0.2, -0.15) is 0 Å². The van der Waals surface area contributed by atoms with Gasteiger partial charge in [-0.15, -0.1) is 0 Å². The number of hydrogen-bond donors (Lipinski definition) is 0. The van der Waals surface area contributed by atoms with Crippen molar-refractivity contribution >= 4 is 38.6 Å². The Bertz CT molecular complexity index is 1820. The number of nitrogens with zero attached hydrogens (tertiary/aromatic N) is 1. The molecule has 1 heteroatoms. The molecule has 0 bridgehead atoms. The van der Waals surface area contributed by atoms with Crippen molar-refractivity contribution in [3.63, 3.8) is 0 Å². The third-order valence-electron chi connectivity index (χ3n) is 7.71. The van der Waals surface area contributed by atoms with Gasteiger partial charge in [-0.05, 0) is 87.1 Å². The van der Waals surface area contributed by atoms with E-state index in [-0.39, 0.29) is 0 Å². The lowest BCUT2D eigenvalue weighted by molar-refractivity contribution is 1.28. The molecule has 7 aromatic carbocycles. The van der Waals surface area contributed by atoms with Gasteiger partial charge < -0.3 is 4.90 Å². The van der Waals surface area contributed by atoms with Crippen LogP contribution in [-0.2, 0) is 0 Å². The van der Waals surface area contributed by atoms with Gasteiger partial charge >= 0.3 is 0 Å². The van der Waals surface area contributed by atoms with Crippen LogP contribution in [0.3, 0.4) is 0 Å². The highest BCUT2D eigenvalue weighted by Crippen LogP contribution is 2.44. The fraction of sp³-hybridized carbons (Fsp3) is 0.0256. The predicted octanol–water partition coefficient (Wildman–Crippen LogP) is 11.1. The van der Waals surface area contributed by atoms with Crippen molar-refractivity contribution in [3.05, 3.63) is 163 Å². The molecule has 0 saturated heterocycles. The minimum absolute atomic E-state index is 1.13. The number of hydrogen-bond acceptors (Lipinski definition) is 1. The molecule has 40 heavy (non-hydrogen) atoms. The van der Waals surface area contributed by atoms with Crippen LogP contribution >= 0.6 is 0 Å². The molecule has 0 aliphatic heterocycles. The zero-order chi connectivity index (χ0) is 26.9. The number of fused-ring (bicyclic) bond motifs is 2. The van der Waals surface area contributed by atoms with Crippen LogP contribution in [0.5, 0.6) is 0 Å². The standard InChI is InChI=1S/C39H29N/c1-28-20-22-29(23-21-28)38-34-16-8-10-18-36(34)39(37-19-11-9-17-35(37)38)30-24-26-33(27-25-30)40(31-12-4-2-5-13-31)32-14-6-3-7-15-32/h2-27H,1H3. The molecular weight excluding hydrogens is 482 g/mol. The summed E-state index contributed by atoms with van der Waals surface area (Å²) < 4.78 is 0. The average molecular weight is 512 g/mol. The third kappa shape index (κ3) is 4.22. The van der Waals surface area contributed by atoms with E-state index in [9.17, 15) is 0 Å². The summed E-state index contributed by atoms with van der Waals surface area (Å²) in [4.78, 5) is 2.31. The largest absolute Gasteiger partial charge is 0.311 e. The molecule has 0 fully saturated rings. The Morgan fingerprint density at radius 3 is 1.05 bits per heavy atom. The summed E-state index contributed by atoms with van der Waals surface area (Å²) in [5.41, 5.74) is 9.72. The fourth-order valence-corrected chi connectivity index (χ4v) is 5.85. The lowest BCUT2D eigenvalue weighted by atomic mass is 9.86. The summed E-state index contributed by atoms with van der Waals surface area (Å²) >= 11 is 0. The monoisotopic (exact) mass is 511 g/mol. The first-order valence-corrected chi connectivity index (χ1v) is 13.8. The van der Waals surface area contributed by atoms with Gasteiger partial charge in [0.25, 0.3) is 0 Å². The SMILES string of the molecule is Cc1ccc(-c2c3ccccc3c(-c3ccc(N(c4ccccc4)c4ccccc4)cc3)c3ccccc23)cc1. The van der Waals surface area contributed by atoms with E-state index in [0.29, 0.717) is 0 Å². The van der Waals surface area contributed by atoms with Crippen molar-refractivity contribution in [2.75, 3.05) is 4.90 Å². The van der Waals surface area contributed by atoms with Gasteiger partial charge in [-0.1, -0.05) is 127 Å². The topological polar surface area (TPSA) is 3.24 Å². The van der Waals surface area contributed by atoms with Gasteiger partial charge in [-0.25, -0.2) is 0 Å². The zero-order valence-electron chi connectivity index (χ0n) is 22.5. The maximum Gasteiger partial charge on any atom is 0.0462 e. The Balaban J connectivity index is 1.43. The van der Waals surface area contributed by atoms with Crippen molar-refractivity contribution in [2.45, 2.75) is 6.92 Å². The molecule has 1 nitrogen and oxygen atoms in total. The summed E-state index contributed by atoms with van der Waals surface area (Å²) in [5, 5.41) is 5.10. The molecule has 0 saturated carbocycles. The van der Waals surface area contributed by atoms with Crippen LogP contribution in [0.25, 0.3) is 43.8 Å². The Morgan fingerprint density at radius 1 is 0.325 bits per heavy atom. The second kappa shape index (κ2) is 10.2. The van der Waals surface area contributed by atoms with Gasteiger partial charge in [0.1, 0.15) is 0 Å². The zero-order valence-corrected chi connectivity index (χ0v) is 22.5. The van der Waals surface area contributed by atoms with E-state index >= 15 is 0 Å². The molecule has 190 valence electrons. The van der Waals surface area contributed by atoms with Crippen LogP contribution in [0.15, 0.2) is 158 Å². The van der Waals surface area contributed by atoms with Crippen molar-refractivity contribution in [1.29, 1.82) is 0 Å². The minimum Gasteiger partial charge on any atom is -0.311 e. The smallest absolute Gasteiger partial charge is 0.0462 e. The van der Waals surface area contributed by atoms with Crippen molar-refractivity contribution in [2.24, 2.45) is 0 Å². The molecule has 0 atom stereocenters. The van der Waals surface area contributed by atoms with Gasteiger partial charge in [0.15, 0.2) is 0 Å². The van der Waals surface area contributed by atoms with E-state index < -0.39 is 0 Å². The number of para-hydroxylation sites is 2. The molecule has 0 spiro atoms. The third-order valence-corrected chi connectivity index (χ3v) is 7.71. The van der Waals surface area contributed by atoms with Crippen molar-refractivity contribution < 1.29 is 0 Å². The van der Waals surface area contributed by atoms with Crippen molar-refractivity contribution in [3.8, 4) is 22.3 Å². The van der Waals surface area contributed by atoms with Crippen LogP contribution in [0, 0.1) is 6.92 Å². The van der Waals surface area contributed by atoms with Gasteiger partial charge in [-0.3, -0.25) is 0 Å². The maximum absolute atomic E-state index is 2.31. The van der Waals surface area contributed by atoms with Crippen molar-refractivity contribution in [1.82, 2.24) is 0 Å². The maximum atomic E-state index is 2.31. The van der Waals surface area contributed by atoms with Gasteiger partial charge in [0.05, 0.1) is 0 Å². The summed E-state index contributed by atoms with van der Waals surface area (Å²) in [6.45, 7) is 2.14. The van der Waals surface area contributed by atoms with Gasteiger partial charge in [0.2, 0.25) is 0 Å². The lowest BCUT2D eigenvalue weighted by Gasteiger charge is -2.25. The molecule has 0 radical (unpaired) electrons. The summed E-state index contributed by atoms with van der Waals surface area (Å²) in [5.74, 6) is 0. The Labute approximate surface area is 235 Å². The second-order valence-electron chi connectivity index (χ2n) is 10.3. The van der Waals surface area contributed by atoms with Crippen LogP contribution < -0.4 is 4.90 Å². The summed E-state index contributed by atoms with van der Waals surface area (Å²) in [6, 6.07) is 56.7. The predicted molar refractivity (Wildman–Crippen MR) is 172 cm³/mol. The normalized spacial score (nSPS) is 11.1. The number of aryl methyl sites for hydroxylation is 1.